The number of nitrogens with zero attached hydrogens (tertiary/aromatic N) is 1. The average Bonchev–Trinajstić information content (AvgIpc) is 2.45. The number of carbonyl (C=O) groups excluding carboxylic acids is 1. The number of hydrogen-bond donors (Lipinski definition) is 2. The summed E-state index contributed by atoms with van der Waals surface area (Å²) in [6.07, 6.45) is 0.249. The zero-order valence-electron chi connectivity index (χ0n) is 12.4. The monoisotopic (exact) mass is 326 g/mol. The van der Waals surface area contributed by atoms with Crippen LogP contribution in [0.5, 0.6) is 0 Å². The van der Waals surface area contributed by atoms with E-state index in [0.717, 1.165) is 5.75 Å². The summed E-state index contributed by atoms with van der Waals surface area (Å²) < 4.78 is 0. The van der Waals surface area contributed by atoms with Gasteiger partial charge in [-0.25, -0.2) is 0 Å². The number of carboxylic acids is 1. The predicted octanol–water partition coefficient (Wildman–Crippen LogP) is 2.69. The molecule has 0 radical (unpaired) electrons. The van der Waals surface area contributed by atoms with Crippen molar-refractivity contribution in [1.82, 2.24) is 5.32 Å². The Morgan fingerprint density at radius 1 is 1.45 bits per heavy atom. The van der Waals surface area contributed by atoms with Crippen molar-refractivity contribution in [3.05, 3.63) is 33.9 Å². The number of hydrogen-bond acceptors (Lipinski definition) is 5. The number of thioether (sulfide) groups is 1. The molecule has 0 aliphatic heterocycles. The van der Waals surface area contributed by atoms with Crippen molar-refractivity contribution in [2.24, 2.45) is 0 Å². The van der Waals surface area contributed by atoms with Gasteiger partial charge in [-0.05, 0) is 25.2 Å². The molecule has 0 saturated carbocycles. The van der Waals surface area contributed by atoms with E-state index in [9.17, 15) is 19.7 Å². The van der Waals surface area contributed by atoms with E-state index in [-0.39, 0.29) is 23.7 Å². The number of carboxylic acid groups (broad SMARTS) is 1. The van der Waals surface area contributed by atoms with Gasteiger partial charge >= 0.3 is 5.97 Å². The lowest BCUT2D eigenvalue weighted by molar-refractivity contribution is -0.384. The van der Waals surface area contributed by atoms with Crippen molar-refractivity contribution in [3.63, 3.8) is 0 Å². The number of carbonyl (C=O) groups is 2. The van der Waals surface area contributed by atoms with Crippen LogP contribution in [0.3, 0.4) is 0 Å². The van der Waals surface area contributed by atoms with Crippen LogP contribution in [0.2, 0.25) is 0 Å². The van der Waals surface area contributed by atoms with Gasteiger partial charge in [0.05, 0.1) is 10.5 Å². The molecule has 22 heavy (non-hydrogen) atoms. The van der Waals surface area contributed by atoms with Gasteiger partial charge in [0, 0.05) is 29.5 Å². The number of nitro benzene ring substituents is 1. The highest BCUT2D eigenvalue weighted by Crippen LogP contribution is 2.26. The largest absolute Gasteiger partial charge is 0.481 e. The molecular weight excluding hydrogens is 308 g/mol. The number of nitrogens with one attached hydrogen (secondary N) is 1. The molecule has 0 heterocycles. The summed E-state index contributed by atoms with van der Waals surface area (Å²) in [5, 5.41) is 22.2. The van der Waals surface area contributed by atoms with Gasteiger partial charge in [0.25, 0.3) is 11.6 Å². The van der Waals surface area contributed by atoms with Crippen LogP contribution < -0.4 is 5.32 Å². The van der Waals surface area contributed by atoms with E-state index < -0.39 is 16.8 Å². The lowest BCUT2D eigenvalue weighted by Gasteiger charge is -2.14. The fourth-order valence-corrected chi connectivity index (χ4v) is 2.59. The number of aliphatic carboxylic acids is 1. The highest BCUT2D eigenvalue weighted by atomic mass is 32.2. The zero-order valence-corrected chi connectivity index (χ0v) is 13.2. The van der Waals surface area contributed by atoms with E-state index in [1.807, 2.05) is 6.92 Å². The minimum atomic E-state index is -0.932. The smallest absolute Gasteiger partial charge is 0.303 e. The molecule has 1 atom stereocenters. The maximum absolute atomic E-state index is 12.3. The Hall–Kier alpha value is -2.09. The molecule has 0 spiro atoms. The second-order valence-electron chi connectivity index (χ2n) is 4.68. The first kappa shape index (κ1) is 18.0. The Morgan fingerprint density at radius 2 is 2.14 bits per heavy atom. The number of rotatable bonds is 8. The first-order valence-corrected chi connectivity index (χ1v) is 7.77. The molecule has 1 aromatic rings. The summed E-state index contributed by atoms with van der Waals surface area (Å²) in [7, 11) is 0. The van der Waals surface area contributed by atoms with E-state index in [0.29, 0.717) is 11.3 Å². The van der Waals surface area contributed by atoms with Gasteiger partial charge in [0.15, 0.2) is 0 Å². The van der Waals surface area contributed by atoms with E-state index in [2.05, 4.69) is 5.32 Å². The summed E-state index contributed by atoms with van der Waals surface area (Å²) in [5.41, 5.74) is 0.0898. The fraction of sp³-hybridized carbons (Fsp3) is 0.429. The van der Waals surface area contributed by atoms with Gasteiger partial charge < -0.3 is 10.4 Å². The van der Waals surface area contributed by atoms with Crippen molar-refractivity contribution >= 4 is 29.3 Å². The molecule has 7 nitrogen and oxygen atoms in total. The minimum Gasteiger partial charge on any atom is -0.481 e. The maximum atomic E-state index is 12.3. The zero-order chi connectivity index (χ0) is 16.7. The predicted molar refractivity (Wildman–Crippen MR) is 83.3 cm³/mol. The average molecular weight is 326 g/mol. The third-order valence-corrected chi connectivity index (χ3v) is 3.84. The molecule has 2 N–H and O–H groups in total. The highest BCUT2D eigenvalue weighted by molar-refractivity contribution is 7.99. The third kappa shape index (κ3) is 5.36. The van der Waals surface area contributed by atoms with E-state index in [1.54, 1.807) is 13.0 Å². The van der Waals surface area contributed by atoms with E-state index >= 15 is 0 Å². The van der Waals surface area contributed by atoms with Crippen LogP contribution >= 0.6 is 11.8 Å². The summed E-state index contributed by atoms with van der Waals surface area (Å²) in [6, 6.07) is 3.84. The molecule has 0 saturated heterocycles. The topological polar surface area (TPSA) is 110 Å². The van der Waals surface area contributed by atoms with E-state index in [1.165, 1.54) is 23.9 Å². The SMILES string of the molecule is CCSc1ccc([N+](=O)[O-])cc1C(=O)NC(C)CCC(=O)O. The molecule has 8 heteroatoms. The molecule has 0 aliphatic rings. The normalized spacial score (nSPS) is 11.7. The number of non-ortho nitro benzene ring substituents is 1. The molecule has 1 amide bonds. The molecule has 1 aromatic carbocycles. The Bertz CT molecular complexity index is 576. The van der Waals surface area contributed by atoms with Gasteiger partial charge in [0.2, 0.25) is 0 Å². The Labute approximate surface area is 132 Å². The van der Waals surface area contributed by atoms with Crippen LogP contribution in [0.15, 0.2) is 23.1 Å². The highest BCUT2D eigenvalue weighted by Gasteiger charge is 2.18. The molecule has 0 fully saturated rings. The first-order chi connectivity index (χ1) is 10.3. The van der Waals surface area contributed by atoms with Crippen molar-refractivity contribution in [2.75, 3.05) is 5.75 Å². The number of nitro groups is 1. The minimum absolute atomic E-state index is 0.0487. The van der Waals surface area contributed by atoms with Gasteiger partial charge in [-0.2, -0.15) is 0 Å². The van der Waals surface area contributed by atoms with Crippen LogP contribution in [0.1, 0.15) is 37.0 Å². The molecule has 1 rings (SSSR count). The van der Waals surface area contributed by atoms with Crippen molar-refractivity contribution in [1.29, 1.82) is 0 Å². The first-order valence-electron chi connectivity index (χ1n) is 6.79. The van der Waals surface area contributed by atoms with E-state index in [4.69, 9.17) is 5.11 Å². The Balaban J connectivity index is 2.91. The van der Waals surface area contributed by atoms with Crippen LogP contribution in [-0.4, -0.2) is 33.7 Å². The number of benzene rings is 1. The molecule has 1 unspecified atom stereocenters. The third-order valence-electron chi connectivity index (χ3n) is 2.89. The van der Waals surface area contributed by atoms with Gasteiger partial charge in [0.1, 0.15) is 0 Å². The van der Waals surface area contributed by atoms with Gasteiger partial charge in [-0.15, -0.1) is 11.8 Å². The van der Waals surface area contributed by atoms with Crippen molar-refractivity contribution in [2.45, 2.75) is 37.6 Å². The summed E-state index contributed by atoms with van der Waals surface area (Å²) >= 11 is 1.42. The fourth-order valence-electron chi connectivity index (χ4n) is 1.80. The summed E-state index contributed by atoms with van der Waals surface area (Å²) in [5.74, 6) is -0.636. The molecular formula is C14H18N2O5S. The lowest BCUT2D eigenvalue weighted by atomic mass is 10.1. The maximum Gasteiger partial charge on any atom is 0.303 e. The van der Waals surface area contributed by atoms with Crippen molar-refractivity contribution in [3.8, 4) is 0 Å². The lowest BCUT2D eigenvalue weighted by Crippen LogP contribution is -2.33. The molecule has 0 aliphatic carbocycles. The Kier molecular flexibility index (Phi) is 6.84. The molecule has 0 bridgehead atoms. The van der Waals surface area contributed by atoms with Crippen LogP contribution in [0.25, 0.3) is 0 Å². The number of amides is 1. The van der Waals surface area contributed by atoms with Gasteiger partial charge in [-0.3, -0.25) is 19.7 Å². The van der Waals surface area contributed by atoms with Crippen LogP contribution in [-0.2, 0) is 4.79 Å². The van der Waals surface area contributed by atoms with Gasteiger partial charge in [-0.1, -0.05) is 6.92 Å². The quantitative estimate of drug-likeness (QED) is 0.432. The van der Waals surface area contributed by atoms with Crippen molar-refractivity contribution < 1.29 is 19.6 Å². The summed E-state index contributed by atoms with van der Waals surface area (Å²) in [4.78, 5) is 33.8. The standard InChI is InChI=1S/C14H18N2O5S/c1-3-22-12-6-5-10(16(20)21)8-11(12)14(19)15-9(2)4-7-13(17)18/h5-6,8-9H,3-4,7H2,1-2H3,(H,15,19)(H,17,18). The molecule has 120 valence electrons. The van der Waals surface area contributed by atoms with Crippen LogP contribution in [0, 0.1) is 10.1 Å². The summed E-state index contributed by atoms with van der Waals surface area (Å²) in [6.45, 7) is 3.62. The molecule has 0 aromatic heterocycles. The van der Waals surface area contributed by atoms with Crippen LogP contribution in [0.4, 0.5) is 5.69 Å². The Morgan fingerprint density at radius 3 is 2.68 bits per heavy atom. The second kappa shape index (κ2) is 8.38. The second-order valence-corrected chi connectivity index (χ2v) is 5.98.